The van der Waals surface area contributed by atoms with Crippen molar-refractivity contribution in [2.24, 2.45) is 11.8 Å². The number of amides is 1. The van der Waals surface area contributed by atoms with E-state index in [4.69, 9.17) is 16.3 Å². The number of halogens is 2. The molecule has 0 aromatic heterocycles. The van der Waals surface area contributed by atoms with Gasteiger partial charge in [-0.05, 0) is 25.8 Å². The number of rotatable bonds is 5. The van der Waals surface area contributed by atoms with Gasteiger partial charge in [0.1, 0.15) is 11.4 Å². The zero-order chi connectivity index (χ0) is 18.2. The molecule has 1 aliphatic carbocycles. The third-order valence-corrected chi connectivity index (χ3v) is 7.17. The van der Waals surface area contributed by atoms with E-state index in [0.29, 0.717) is 12.8 Å². The lowest BCUT2D eigenvalue weighted by molar-refractivity contribution is -0.129. The number of carbonyl (C=O) groups is 1. The van der Waals surface area contributed by atoms with Crippen LogP contribution in [0.25, 0.3) is 0 Å². The fourth-order valence-electron chi connectivity index (χ4n) is 3.55. The summed E-state index contributed by atoms with van der Waals surface area (Å²) in [6, 6.07) is 0.151. The maximum Gasteiger partial charge on any atom is 0.241 e. The maximum atomic E-state index is 14.5. The van der Waals surface area contributed by atoms with Crippen LogP contribution in [0.2, 0.25) is 0 Å². The highest BCUT2D eigenvalue weighted by Gasteiger charge is 2.44. The monoisotopic (exact) mass is 398 g/mol. The summed E-state index contributed by atoms with van der Waals surface area (Å²) in [5.41, 5.74) is 2.15. The number of alkyl halides is 2. The Morgan fingerprint density at radius 1 is 1.36 bits per heavy atom. The van der Waals surface area contributed by atoms with Gasteiger partial charge in [-0.2, -0.15) is 0 Å². The Morgan fingerprint density at radius 3 is 2.64 bits per heavy atom. The lowest BCUT2D eigenvalue weighted by atomic mass is 9.76. The van der Waals surface area contributed by atoms with Crippen LogP contribution in [-0.2, 0) is 19.6 Å². The molecule has 0 aromatic rings. The number of nitrogens with zero attached hydrogens (tertiary/aromatic N) is 1. The second-order valence-corrected chi connectivity index (χ2v) is 9.62. The number of nitrogens with one attached hydrogen (secondary N) is 3. The predicted octanol–water partition coefficient (Wildman–Crippen LogP) is -0.831. The van der Waals surface area contributed by atoms with E-state index in [1.165, 1.54) is 0 Å². The Hall–Kier alpha value is -0.520. The minimum Gasteiger partial charge on any atom is -0.378 e. The molecule has 3 rings (SSSR count). The van der Waals surface area contributed by atoms with E-state index in [-0.39, 0.29) is 25.2 Å². The van der Waals surface area contributed by atoms with Crippen LogP contribution < -0.4 is 15.6 Å². The number of likely N-dealkylation sites (N-methyl/N-ethyl adjacent to an activating group) is 1. The summed E-state index contributed by atoms with van der Waals surface area (Å²) in [6.07, 6.45) is -0.687. The number of hydrogen-bond acceptors (Lipinski definition) is 6. The topological polar surface area (TPSA) is 99.8 Å². The molecular weight excluding hydrogens is 375 g/mol. The second kappa shape index (κ2) is 7.61. The minimum atomic E-state index is -3.71. The summed E-state index contributed by atoms with van der Waals surface area (Å²) in [4.78, 5) is 16.5. The Bertz CT molecular complexity index is 606. The van der Waals surface area contributed by atoms with Crippen molar-refractivity contribution in [2.45, 2.75) is 35.7 Å². The lowest BCUT2D eigenvalue weighted by Crippen LogP contribution is -2.55. The fraction of sp³-hybridized carbons (Fsp3) is 0.929. The number of hydrogen-bond donors (Lipinski definition) is 3. The quantitative estimate of drug-likeness (QED) is 0.413. The molecule has 0 aromatic carbocycles. The summed E-state index contributed by atoms with van der Waals surface area (Å²) in [5.74, 6) is -1.60. The smallest absolute Gasteiger partial charge is 0.241 e. The molecule has 2 saturated heterocycles. The zero-order valence-corrected chi connectivity index (χ0v) is 15.5. The van der Waals surface area contributed by atoms with Gasteiger partial charge in [0.05, 0.1) is 24.5 Å². The van der Waals surface area contributed by atoms with Crippen LogP contribution in [0, 0.1) is 11.8 Å². The molecule has 3 fully saturated rings. The van der Waals surface area contributed by atoms with Gasteiger partial charge in [0, 0.05) is 19.3 Å². The van der Waals surface area contributed by atoms with Gasteiger partial charge in [-0.15, -0.1) is 16.4 Å². The van der Waals surface area contributed by atoms with Gasteiger partial charge in [0.2, 0.25) is 15.9 Å². The molecule has 3 aliphatic rings. The second-order valence-electron chi connectivity index (χ2n) is 7.10. The van der Waals surface area contributed by atoms with Crippen molar-refractivity contribution in [1.82, 2.24) is 20.5 Å². The van der Waals surface area contributed by atoms with Gasteiger partial charge in [-0.3, -0.25) is 20.4 Å². The Balaban J connectivity index is 1.59. The SMILES string of the molecule is CN1CNC(C2CC(Cl)C(F)C(C(=O)NNS(=O)(=O)C3COC3)C2)C1. The van der Waals surface area contributed by atoms with E-state index >= 15 is 0 Å². The van der Waals surface area contributed by atoms with E-state index in [9.17, 15) is 17.6 Å². The van der Waals surface area contributed by atoms with Crippen molar-refractivity contribution in [1.29, 1.82) is 0 Å². The van der Waals surface area contributed by atoms with Crippen LogP contribution in [-0.4, -0.2) is 75.5 Å². The predicted molar refractivity (Wildman–Crippen MR) is 90.0 cm³/mol. The molecule has 8 nitrogen and oxygen atoms in total. The first-order valence-electron chi connectivity index (χ1n) is 8.36. The first-order valence-corrected chi connectivity index (χ1v) is 10.3. The largest absolute Gasteiger partial charge is 0.378 e. The van der Waals surface area contributed by atoms with E-state index in [0.717, 1.165) is 13.2 Å². The van der Waals surface area contributed by atoms with Gasteiger partial charge in [-0.25, -0.2) is 12.8 Å². The molecule has 3 N–H and O–H groups in total. The lowest BCUT2D eigenvalue weighted by Gasteiger charge is -2.37. The van der Waals surface area contributed by atoms with Gasteiger partial charge < -0.3 is 4.74 Å². The van der Waals surface area contributed by atoms with E-state index < -0.39 is 38.6 Å². The van der Waals surface area contributed by atoms with Crippen molar-refractivity contribution < 1.29 is 22.3 Å². The zero-order valence-electron chi connectivity index (χ0n) is 14.0. The number of ether oxygens (including phenoxy) is 1. The first-order chi connectivity index (χ1) is 11.8. The summed E-state index contributed by atoms with van der Waals surface area (Å²) >= 11 is 6.14. The average molecular weight is 399 g/mol. The van der Waals surface area contributed by atoms with Gasteiger partial charge in [0.25, 0.3) is 0 Å². The van der Waals surface area contributed by atoms with Crippen LogP contribution in [0.1, 0.15) is 12.8 Å². The van der Waals surface area contributed by atoms with E-state index in [1.54, 1.807) is 0 Å². The molecule has 1 amide bonds. The van der Waals surface area contributed by atoms with Crippen LogP contribution in [0.3, 0.4) is 0 Å². The van der Waals surface area contributed by atoms with Crippen molar-refractivity contribution >= 4 is 27.5 Å². The van der Waals surface area contributed by atoms with Crippen LogP contribution in [0.15, 0.2) is 0 Å². The number of carbonyl (C=O) groups excluding carboxylic acids is 1. The van der Waals surface area contributed by atoms with Gasteiger partial charge >= 0.3 is 0 Å². The summed E-state index contributed by atoms with van der Waals surface area (Å²) < 4.78 is 43.1. The highest BCUT2D eigenvalue weighted by molar-refractivity contribution is 7.90. The van der Waals surface area contributed by atoms with E-state index in [2.05, 4.69) is 15.6 Å². The summed E-state index contributed by atoms with van der Waals surface area (Å²) in [5, 5.41) is 1.89. The van der Waals surface area contributed by atoms with Crippen LogP contribution in [0.5, 0.6) is 0 Å². The third-order valence-electron chi connectivity index (χ3n) is 5.21. The Labute approximate surface area is 151 Å². The summed E-state index contributed by atoms with van der Waals surface area (Å²) in [7, 11) is -1.72. The highest BCUT2D eigenvalue weighted by atomic mass is 35.5. The van der Waals surface area contributed by atoms with Crippen molar-refractivity contribution in [3.05, 3.63) is 0 Å². The molecule has 0 bridgehead atoms. The molecule has 0 radical (unpaired) electrons. The molecule has 2 heterocycles. The van der Waals surface area contributed by atoms with Crippen molar-refractivity contribution in [3.63, 3.8) is 0 Å². The van der Waals surface area contributed by atoms with Crippen LogP contribution in [0.4, 0.5) is 4.39 Å². The molecule has 11 heteroatoms. The molecule has 5 unspecified atom stereocenters. The van der Waals surface area contributed by atoms with Crippen LogP contribution >= 0.6 is 11.6 Å². The molecule has 2 aliphatic heterocycles. The average Bonchev–Trinajstić information content (AvgIpc) is 2.92. The van der Waals surface area contributed by atoms with Crippen molar-refractivity contribution in [3.8, 4) is 0 Å². The molecule has 0 spiro atoms. The summed E-state index contributed by atoms with van der Waals surface area (Å²) in [6.45, 7) is 1.74. The molecule has 144 valence electrons. The molecule has 5 atom stereocenters. The minimum absolute atomic E-state index is 0.0619. The normalized spacial score (nSPS) is 37.6. The molecular formula is C14H24ClFN4O4S. The van der Waals surface area contributed by atoms with Gasteiger partial charge in [0.15, 0.2) is 0 Å². The Morgan fingerprint density at radius 2 is 2.08 bits per heavy atom. The molecule has 25 heavy (non-hydrogen) atoms. The number of sulfonamides is 1. The maximum absolute atomic E-state index is 14.5. The highest BCUT2D eigenvalue weighted by Crippen LogP contribution is 2.37. The van der Waals surface area contributed by atoms with Crippen molar-refractivity contribution in [2.75, 3.05) is 33.5 Å². The number of hydrazine groups is 1. The fourth-order valence-corrected chi connectivity index (χ4v) is 4.91. The standard InChI is InChI=1S/C14H24ClFN4O4S/c1-20-4-12(17-7-20)8-2-10(13(16)11(15)3-8)14(21)18-19-25(22,23)9-5-24-6-9/h8-13,17,19H,2-7H2,1H3,(H,18,21). The first kappa shape index (κ1) is 19.2. The molecule has 1 saturated carbocycles. The van der Waals surface area contributed by atoms with E-state index in [1.807, 2.05) is 11.9 Å². The Kier molecular flexibility index (Phi) is 5.86. The third kappa shape index (κ3) is 4.25. The van der Waals surface area contributed by atoms with Gasteiger partial charge in [-0.1, -0.05) is 0 Å².